The van der Waals surface area contributed by atoms with Crippen molar-refractivity contribution in [2.45, 2.75) is 6.92 Å². The van der Waals surface area contributed by atoms with Crippen LogP contribution in [0.4, 0.5) is 17.1 Å². The normalized spacial score (nSPS) is 10.1. The fourth-order valence-corrected chi connectivity index (χ4v) is 2.55. The summed E-state index contributed by atoms with van der Waals surface area (Å²) in [4.78, 5) is 12.9. The highest BCUT2D eigenvalue weighted by molar-refractivity contribution is 6.09. The Morgan fingerprint density at radius 1 is 0.889 bits per heavy atom. The van der Waals surface area contributed by atoms with Crippen molar-refractivity contribution in [3.8, 4) is 5.75 Å². The first-order chi connectivity index (χ1) is 13.1. The molecule has 0 aliphatic heterocycles. The van der Waals surface area contributed by atoms with E-state index in [0.717, 1.165) is 16.9 Å². The Bertz CT molecular complexity index is 936. The van der Waals surface area contributed by atoms with E-state index in [2.05, 4.69) is 17.2 Å². The number of benzene rings is 3. The summed E-state index contributed by atoms with van der Waals surface area (Å²) < 4.78 is 5.73. The van der Waals surface area contributed by atoms with Crippen molar-refractivity contribution >= 4 is 23.0 Å². The van der Waals surface area contributed by atoms with Crippen LogP contribution in [0.5, 0.6) is 5.75 Å². The molecule has 0 heterocycles. The molecule has 0 aliphatic carbocycles. The van der Waals surface area contributed by atoms with Crippen LogP contribution in [0.2, 0.25) is 0 Å². The second kappa shape index (κ2) is 8.72. The lowest BCUT2D eigenvalue weighted by Gasteiger charge is -2.15. The van der Waals surface area contributed by atoms with Gasteiger partial charge < -0.3 is 15.4 Å². The van der Waals surface area contributed by atoms with Crippen LogP contribution < -0.4 is 15.4 Å². The molecule has 0 saturated carbocycles. The molecule has 1 amide bonds. The van der Waals surface area contributed by atoms with Crippen molar-refractivity contribution in [1.29, 1.82) is 0 Å². The fourth-order valence-electron chi connectivity index (χ4n) is 2.55. The zero-order chi connectivity index (χ0) is 19.1. The van der Waals surface area contributed by atoms with Gasteiger partial charge in [-0.3, -0.25) is 4.79 Å². The summed E-state index contributed by atoms with van der Waals surface area (Å²) in [5, 5.41) is 6.23. The minimum atomic E-state index is -0.208. The number of rotatable bonds is 7. The van der Waals surface area contributed by atoms with Gasteiger partial charge in [0.2, 0.25) is 0 Å². The first-order valence-corrected chi connectivity index (χ1v) is 8.72. The van der Waals surface area contributed by atoms with E-state index in [-0.39, 0.29) is 5.91 Å². The third kappa shape index (κ3) is 4.98. The van der Waals surface area contributed by atoms with Crippen LogP contribution in [0.1, 0.15) is 17.3 Å². The molecule has 0 aliphatic rings. The second-order valence-corrected chi connectivity index (χ2v) is 6.23. The standard InChI is InChI=1S/C23H22N2O2/c1-17(2)16-27-22-15-9-8-14-21(22)25-23(26)19-12-6-7-13-20(19)24-18-10-4-3-5-11-18/h3-15,24H,1,16H2,2H3,(H,25,26). The minimum absolute atomic E-state index is 0.208. The van der Waals surface area contributed by atoms with Gasteiger partial charge in [0.15, 0.2) is 0 Å². The lowest BCUT2D eigenvalue weighted by atomic mass is 10.1. The third-order valence-corrected chi connectivity index (χ3v) is 3.83. The van der Waals surface area contributed by atoms with Crippen LogP contribution in [0.3, 0.4) is 0 Å². The first kappa shape index (κ1) is 18.3. The molecule has 0 atom stereocenters. The summed E-state index contributed by atoms with van der Waals surface area (Å²) >= 11 is 0. The molecule has 3 aromatic carbocycles. The smallest absolute Gasteiger partial charge is 0.257 e. The number of amides is 1. The van der Waals surface area contributed by atoms with Gasteiger partial charge in [0.1, 0.15) is 12.4 Å². The first-order valence-electron chi connectivity index (χ1n) is 8.72. The average molecular weight is 358 g/mol. The summed E-state index contributed by atoms with van der Waals surface area (Å²) in [6.07, 6.45) is 0. The number of hydrogen-bond donors (Lipinski definition) is 2. The maximum atomic E-state index is 12.9. The highest BCUT2D eigenvalue weighted by Crippen LogP contribution is 2.27. The van der Waals surface area contributed by atoms with E-state index in [0.29, 0.717) is 23.6 Å². The van der Waals surface area contributed by atoms with Crippen molar-refractivity contribution < 1.29 is 9.53 Å². The zero-order valence-corrected chi connectivity index (χ0v) is 15.2. The molecule has 0 fully saturated rings. The SMILES string of the molecule is C=C(C)COc1ccccc1NC(=O)c1ccccc1Nc1ccccc1. The van der Waals surface area contributed by atoms with E-state index >= 15 is 0 Å². The van der Waals surface area contributed by atoms with E-state index in [4.69, 9.17) is 4.74 Å². The predicted octanol–water partition coefficient (Wildman–Crippen LogP) is 5.64. The third-order valence-electron chi connectivity index (χ3n) is 3.83. The molecule has 3 rings (SSSR count). The van der Waals surface area contributed by atoms with Crippen molar-refractivity contribution in [2.24, 2.45) is 0 Å². The number of ether oxygens (including phenoxy) is 1. The number of carbonyl (C=O) groups is 1. The van der Waals surface area contributed by atoms with Crippen LogP contribution in [-0.2, 0) is 0 Å². The number of para-hydroxylation sites is 4. The predicted molar refractivity (Wildman–Crippen MR) is 111 cm³/mol. The Balaban J connectivity index is 1.80. The molecule has 4 heteroatoms. The van der Waals surface area contributed by atoms with Crippen molar-refractivity contribution in [2.75, 3.05) is 17.2 Å². The van der Waals surface area contributed by atoms with E-state index < -0.39 is 0 Å². The fraction of sp³-hybridized carbons (Fsp3) is 0.0870. The Morgan fingerprint density at radius 2 is 1.52 bits per heavy atom. The van der Waals surface area contributed by atoms with Crippen LogP contribution in [0.25, 0.3) is 0 Å². The summed E-state index contributed by atoms with van der Waals surface area (Å²) in [6.45, 7) is 6.14. The Morgan fingerprint density at radius 3 is 2.26 bits per heavy atom. The highest BCUT2D eigenvalue weighted by atomic mass is 16.5. The maximum absolute atomic E-state index is 12.9. The van der Waals surface area contributed by atoms with E-state index in [9.17, 15) is 4.79 Å². The summed E-state index contributed by atoms with van der Waals surface area (Å²) in [6, 6.07) is 24.5. The Kier molecular flexibility index (Phi) is 5.90. The van der Waals surface area contributed by atoms with Crippen LogP contribution in [0, 0.1) is 0 Å². The lowest BCUT2D eigenvalue weighted by molar-refractivity contribution is 0.102. The van der Waals surface area contributed by atoms with Crippen molar-refractivity contribution in [1.82, 2.24) is 0 Å². The van der Waals surface area contributed by atoms with Crippen LogP contribution in [0.15, 0.2) is 91.0 Å². The van der Waals surface area contributed by atoms with Gasteiger partial charge in [0, 0.05) is 5.69 Å². The monoisotopic (exact) mass is 358 g/mol. The maximum Gasteiger partial charge on any atom is 0.257 e. The van der Waals surface area contributed by atoms with Gasteiger partial charge in [-0.2, -0.15) is 0 Å². The molecule has 0 radical (unpaired) electrons. The van der Waals surface area contributed by atoms with Gasteiger partial charge in [0.05, 0.1) is 16.9 Å². The van der Waals surface area contributed by atoms with Gasteiger partial charge in [-0.1, -0.05) is 49.0 Å². The molecular formula is C23H22N2O2. The van der Waals surface area contributed by atoms with Gasteiger partial charge in [0.25, 0.3) is 5.91 Å². The number of hydrogen-bond acceptors (Lipinski definition) is 3. The molecule has 2 N–H and O–H groups in total. The molecular weight excluding hydrogens is 336 g/mol. The largest absolute Gasteiger partial charge is 0.487 e. The van der Waals surface area contributed by atoms with Gasteiger partial charge >= 0.3 is 0 Å². The quantitative estimate of drug-likeness (QED) is 0.538. The van der Waals surface area contributed by atoms with E-state index in [1.807, 2.05) is 79.7 Å². The molecule has 0 saturated heterocycles. The number of carbonyl (C=O) groups excluding carboxylic acids is 1. The van der Waals surface area contributed by atoms with Crippen LogP contribution in [-0.4, -0.2) is 12.5 Å². The van der Waals surface area contributed by atoms with Crippen LogP contribution >= 0.6 is 0 Å². The van der Waals surface area contributed by atoms with E-state index in [1.54, 1.807) is 6.07 Å². The van der Waals surface area contributed by atoms with E-state index in [1.165, 1.54) is 0 Å². The van der Waals surface area contributed by atoms with Gasteiger partial charge in [-0.25, -0.2) is 0 Å². The lowest BCUT2D eigenvalue weighted by Crippen LogP contribution is -2.15. The van der Waals surface area contributed by atoms with Crippen molar-refractivity contribution in [3.05, 3.63) is 96.6 Å². The average Bonchev–Trinajstić information content (AvgIpc) is 2.68. The Hall–Kier alpha value is -3.53. The highest BCUT2D eigenvalue weighted by Gasteiger charge is 2.13. The zero-order valence-electron chi connectivity index (χ0n) is 15.2. The number of anilines is 3. The molecule has 0 unspecified atom stereocenters. The molecule has 0 spiro atoms. The molecule has 27 heavy (non-hydrogen) atoms. The summed E-state index contributed by atoms with van der Waals surface area (Å²) in [5.41, 5.74) is 3.74. The van der Waals surface area contributed by atoms with Gasteiger partial charge in [-0.05, 0) is 48.9 Å². The molecule has 0 aromatic heterocycles. The van der Waals surface area contributed by atoms with Crippen molar-refractivity contribution in [3.63, 3.8) is 0 Å². The topological polar surface area (TPSA) is 50.4 Å². The van der Waals surface area contributed by atoms with Gasteiger partial charge in [-0.15, -0.1) is 0 Å². The summed E-state index contributed by atoms with van der Waals surface area (Å²) in [5.74, 6) is 0.405. The molecule has 4 nitrogen and oxygen atoms in total. The Labute approximate surface area is 159 Å². The second-order valence-electron chi connectivity index (χ2n) is 6.23. The molecule has 136 valence electrons. The number of nitrogens with one attached hydrogen (secondary N) is 2. The molecule has 0 bridgehead atoms. The summed E-state index contributed by atoms with van der Waals surface area (Å²) in [7, 11) is 0. The molecule has 3 aromatic rings. The minimum Gasteiger partial charge on any atom is -0.487 e.